The molecule has 1 unspecified atom stereocenters. The first-order valence-corrected chi connectivity index (χ1v) is 12.0. The number of piperazine rings is 1. The van der Waals surface area contributed by atoms with Gasteiger partial charge in [-0.05, 0) is 30.2 Å². The zero-order valence-electron chi connectivity index (χ0n) is 19.9. The molecule has 5 nitrogen and oxygen atoms in total. The number of H-pyrrole nitrogens is 1. The van der Waals surface area contributed by atoms with Crippen molar-refractivity contribution in [2.75, 3.05) is 33.3 Å². The second-order valence-electron chi connectivity index (χ2n) is 8.86. The van der Waals surface area contributed by atoms with Gasteiger partial charge in [0.1, 0.15) is 11.6 Å². The van der Waals surface area contributed by atoms with Crippen molar-refractivity contribution in [3.05, 3.63) is 107 Å². The molecule has 5 rings (SSSR count). The van der Waals surface area contributed by atoms with Crippen LogP contribution in [0.5, 0.6) is 5.75 Å². The molecule has 1 aliphatic heterocycles. The van der Waals surface area contributed by atoms with Crippen molar-refractivity contribution in [3.8, 4) is 17.1 Å². The first-order chi connectivity index (χ1) is 16.7. The molecule has 1 saturated heterocycles. The molecule has 4 aromatic rings. The van der Waals surface area contributed by atoms with Crippen molar-refractivity contribution >= 4 is 0 Å². The van der Waals surface area contributed by atoms with Crippen LogP contribution in [0.25, 0.3) is 11.4 Å². The normalized spacial score (nSPS) is 15.4. The average Bonchev–Trinajstić information content (AvgIpc) is 3.29. The van der Waals surface area contributed by atoms with Gasteiger partial charge in [-0.1, -0.05) is 72.8 Å². The molecule has 0 amide bonds. The van der Waals surface area contributed by atoms with Crippen molar-refractivity contribution in [2.45, 2.75) is 18.9 Å². The number of aromatic amines is 1. The molecular formula is C29H32N4O. The fourth-order valence-electron chi connectivity index (χ4n) is 5.05. The predicted molar refractivity (Wildman–Crippen MR) is 137 cm³/mol. The molecule has 3 aromatic carbocycles. The number of methoxy groups -OCH3 is 1. The number of nitrogens with zero attached hydrogens (tertiary/aromatic N) is 2. The Morgan fingerprint density at radius 3 is 2.12 bits per heavy atom. The smallest absolute Gasteiger partial charge is 0.138 e. The van der Waals surface area contributed by atoms with Gasteiger partial charge in [-0.2, -0.15) is 0 Å². The summed E-state index contributed by atoms with van der Waals surface area (Å²) in [6.07, 6.45) is 0. The summed E-state index contributed by atoms with van der Waals surface area (Å²) in [5.41, 5.74) is 5.87. The molecule has 5 heteroatoms. The number of hydrogen-bond donors (Lipinski definition) is 2. The first kappa shape index (κ1) is 22.4. The van der Waals surface area contributed by atoms with E-state index in [1.165, 1.54) is 11.1 Å². The predicted octanol–water partition coefficient (Wildman–Crippen LogP) is 5.17. The van der Waals surface area contributed by atoms with Crippen LogP contribution in [0.2, 0.25) is 0 Å². The topological polar surface area (TPSA) is 53.2 Å². The molecule has 34 heavy (non-hydrogen) atoms. The number of benzene rings is 3. The first-order valence-electron chi connectivity index (χ1n) is 12.0. The lowest BCUT2D eigenvalue weighted by Crippen LogP contribution is -2.47. The van der Waals surface area contributed by atoms with E-state index in [1.807, 2.05) is 18.2 Å². The minimum Gasteiger partial charge on any atom is -0.497 e. The van der Waals surface area contributed by atoms with Gasteiger partial charge in [0.15, 0.2) is 0 Å². The summed E-state index contributed by atoms with van der Waals surface area (Å²) in [7, 11) is 1.70. The molecule has 0 bridgehead atoms. The Kier molecular flexibility index (Phi) is 6.74. The minimum absolute atomic E-state index is 0.113. The highest BCUT2D eigenvalue weighted by atomic mass is 16.5. The molecule has 0 saturated carbocycles. The van der Waals surface area contributed by atoms with Gasteiger partial charge in [-0.3, -0.25) is 4.90 Å². The standard InChI is InChI=1S/C29H32N4O/c1-21-27(32-29(31-21)24-14-9-15-25(20-24)34-2)28(33-18-16-30-17-19-33)26(22-10-5-3-6-11-22)23-12-7-4-8-13-23/h3-15,20,26,28,30H,16-19H2,1-2H3,(H,31,32). The number of hydrogen-bond acceptors (Lipinski definition) is 4. The van der Waals surface area contributed by atoms with Crippen LogP contribution in [-0.2, 0) is 0 Å². The number of aromatic nitrogens is 2. The van der Waals surface area contributed by atoms with Gasteiger partial charge in [0.05, 0.1) is 18.8 Å². The Hall–Kier alpha value is -3.41. The summed E-state index contributed by atoms with van der Waals surface area (Å²) >= 11 is 0. The summed E-state index contributed by atoms with van der Waals surface area (Å²) in [6.45, 7) is 6.09. The molecule has 1 aromatic heterocycles. The Bertz CT molecular complexity index is 1160. The van der Waals surface area contributed by atoms with Crippen molar-refractivity contribution in [2.24, 2.45) is 0 Å². The number of ether oxygens (including phenoxy) is 1. The molecule has 1 fully saturated rings. The second-order valence-corrected chi connectivity index (χ2v) is 8.86. The van der Waals surface area contributed by atoms with Crippen LogP contribution in [0, 0.1) is 6.92 Å². The summed E-state index contributed by atoms with van der Waals surface area (Å²) in [5.74, 6) is 1.88. The monoisotopic (exact) mass is 452 g/mol. The quantitative estimate of drug-likeness (QED) is 0.406. The van der Waals surface area contributed by atoms with Gasteiger partial charge < -0.3 is 15.0 Å². The fourth-order valence-corrected chi connectivity index (χ4v) is 5.05. The van der Waals surface area contributed by atoms with Crippen LogP contribution in [0.3, 0.4) is 0 Å². The van der Waals surface area contributed by atoms with E-state index in [2.05, 4.69) is 88.9 Å². The van der Waals surface area contributed by atoms with E-state index in [0.717, 1.165) is 54.7 Å². The average molecular weight is 453 g/mol. The van der Waals surface area contributed by atoms with E-state index >= 15 is 0 Å². The summed E-state index contributed by atoms with van der Waals surface area (Å²) in [6, 6.07) is 29.9. The highest BCUT2D eigenvalue weighted by Gasteiger charge is 2.35. The van der Waals surface area contributed by atoms with Crippen molar-refractivity contribution in [3.63, 3.8) is 0 Å². The van der Waals surface area contributed by atoms with Crippen LogP contribution >= 0.6 is 0 Å². The SMILES string of the molecule is COc1cccc(-c2nc(C(C(c3ccccc3)c3ccccc3)N3CCNCC3)c(C)[nH]2)c1. The summed E-state index contributed by atoms with van der Waals surface area (Å²) in [5, 5.41) is 3.51. The van der Waals surface area contributed by atoms with Gasteiger partial charge in [-0.25, -0.2) is 4.98 Å². The van der Waals surface area contributed by atoms with Crippen LogP contribution in [-0.4, -0.2) is 48.2 Å². The molecule has 0 aliphatic carbocycles. The van der Waals surface area contributed by atoms with Gasteiger partial charge >= 0.3 is 0 Å². The third-order valence-corrected chi connectivity index (χ3v) is 6.72. The molecule has 174 valence electrons. The molecule has 1 atom stereocenters. The van der Waals surface area contributed by atoms with E-state index < -0.39 is 0 Å². The lowest BCUT2D eigenvalue weighted by Gasteiger charge is -2.39. The van der Waals surface area contributed by atoms with E-state index in [0.29, 0.717) is 0 Å². The molecule has 0 spiro atoms. The molecule has 1 aliphatic rings. The van der Waals surface area contributed by atoms with Crippen molar-refractivity contribution < 1.29 is 4.74 Å². The van der Waals surface area contributed by atoms with Crippen molar-refractivity contribution in [1.82, 2.24) is 20.2 Å². The third kappa shape index (κ3) is 4.63. The third-order valence-electron chi connectivity index (χ3n) is 6.72. The van der Waals surface area contributed by atoms with Gasteiger partial charge in [-0.15, -0.1) is 0 Å². The number of nitrogens with one attached hydrogen (secondary N) is 2. The maximum absolute atomic E-state index is 5.45. The van der Waals surface area contributed by atoms with Crippen LogP contribution in [0.1, 0.15) is 34.5 Å². The number of aryl methyl sites for hydroxylation is 1. The van der Waals surface area contributed by atoms with Crippen molar-refractivity contribution in [1.29, 1.82) is 0 Å². The zero-order valence-corrected chi connectivity index (χ0v) is 19.9. The van der Waals surface area contributed by atoms with E-state index in [1.54, 1.807) is 7.11 Å². The summed E-state index contributed by atoms with van der Waals surface area (Å²) < 4.78 is 5.45. The maximum Gasteiger partial charge on any atom is 0.138 e. The second kappa shape index (κ2) is 10.2. The van der Waals surface area contributed by atoms with Crippen LogP contribution in [0.4, 0.5) is 0 Å². The van der Waals surface area contributed by atoms with Crippen LogP contribution in [0.15, 0.2) is 84.9 Å². The summed E-state index contributed by atoms with van der Waals surface area (Å²) in [4.78, 5) is 11.4. The Morgan fingerprint density at radius 1 is 0.853 bits per heavy atom. The lowest BCUT2D eigenvalue weighted by atomic mass is 9.82. The molecule has 0 radical (unpaired) electrons. The fraction of sp³-hybridized carbons (Fsp3) is 0.276. The van der Waals surface area contributed by atoms with E-state index in [9.17, 15) is 0 Å². The van der Waals surface area contributed by atoms with Gasteiger partial charge in [0, 0.05) is 43.4 Å². The minimum atomic E-state index is 0.113. The molecular weight excluding hydrogens is 420 g/mol. The highest BCUT2D eigenvalue weighted by Crippen LogP contribution is 2.42. The highest BCUT2D eigenvalue weighted by molar-refractivity contribution is 5.59. The number of imidazole rings is 1. The Balaban J connectivity index is 1.65. The van der Waals surface area contributed by atoms with E-state index in [4.69, 9.17) is 9.72 Å². The lowest BCUT2D eigenvalue weighted by molar-refractivity contribution is 0.156. The largest absolute Gasteiger partial charge is 0.497 e. The van der Waals surface area contributed by atoms with Gasteiger partial charge in [0.25, 0.3) is 0 Å². The Labute approximate surface area is 201 Å². The molecule has 2 heterocycles. The zero-order chi connectivity index (χ0) is 23.3. The Morgan fingerprint density at radius 2 is 1.50 bits per heavy atom. The maximum atomic E-state index is 5.45. The van der Waals surface area contributed by atoms with Gasteiger partial charge in [0.2, 0.25) is 0 Å². The van der Waals surface area contributed by atoms with Crippen LogP contribution < -0.4 is 10.1 Å². The number of rotatable bonds is 7. The van der Waals surface area contributed by atoms with E-state index in [-0.39, 0.29) is 12.0 Å². The molecule has 2 N–H and O–H groups in total.